The summed E-state index contributed by atoms with van der Waals surface area (Å²) in [6.45, 7) is 0. The smallest absolute Gasteiger partial charge is 0.0184 e. The molecule has 2 aromatic carbocycles. The van der Waals surface area contributed by atoms with E-state index in [1.807, 2.05) is 0 Å². The first-order valence-electron chi connectivity index (χ1n) is 7.18. The maximum atomic E-state index is 2.21. The highest BCUT2D eigenvalue weighted by Gasteiger charge is 1.95. The Kier molecular flexibility index (Phi) is 7.73. The van der Waals surface area contributed by atoms with Crippen molar-refractivity contribution < 1.29 is 0 Å². The summed E-state index contributed by atoms with van der Waals surface area (Å²) in [4.78, 5) is 0. The molecule has 2 heteroatoms. The zero-order valence-corrected chi connectivity index (χ0v) is 13.5. The lowest BCUT2D eigenvalue weighted by molar-refractivity contribution is 0.906. The highest BCUT2D eigenvalue weighted by molar-refractivity contribution is 7.98. The lowest BCUT2D eigenvalue weighted by Gasteiger charge is -2.03. The number of benzene rings is 2. The van der Waals surface area contributed by atoms with Gasteiger partial charge in [-0.1, -0.05) is 60.7 Å². The van der Waals surface area contributed by atoms with Crippen molar-refractivity contribution in [1.29, 1.82) is 0 Å². The number of rotatable bonds is 9. The lowest BCUT2D eigenvalue weighted by Crippen LogP contribution is -1.87. The van der Waals surface area contributed by atoms with Crippen LogP contribution in [0.25, 0.3) is 0 Å². The number of hydrogen-bond donors (Lipinski definition) is 0. The van der Waals surface area contributed by atoms with Crippen LogP contribution in [0.4, 0.5) is 0 Å². The van der Waals surface area contributed by atoms with E-state index in [2.05, 4.69) is 84.2 Å². The van der Waals surface area contributed by atoms with Gasteiger partial charge in [-0.3, -0.25) is 0 Å². The topological polar surface area (TPSA) is 0 Å². The van der Waals surface area contributed by atoms with E-state index in [1.54, 1.807) is 0 Å². The molecule has 0 nitrogen and oxygen atoms in total. The van der Waals surface area contributed by atoms with Gasteiger partial charge in [0.15, 0.2) is 0 Å². The zero-order chi connectivity index (χ0) is 13.9. The van der Waals surface area contributed by atoms with Crippen molar-refractivity contribution in [2.75, 3.05) is 11.5 Å². The third kappa shape index (κ3) is 6.53. The first-order valence-corrected chi connectivity index (χ1v) is 9.49. The highest BCUT2D eigenvalue weighted by atomic mass is 32.2. The summed E-state index contributed by atoms with van der Waals surface area (Å²) in [5.41, 5.74) is 2.88. The minimum Gasteiger partial charge on any atom is -0.157 e. The molecule has 0 atom stereocenters. The van der Waals surface area contributed by atoms with Crippen LogP contribution in [0, 0.1) is 0 Å². The van der Waals surface area contributed by atoms with E-state index >= 15 is 0 Å². The van der Waals surface area contributed by atoms with Gasteiger partial charge in [-0.15, -0.1) is 0 Å². The fourth-order valence-corrected chi connectivity index (χ4v) is 3.90. The van der Waals surface area contributed by atoms with Gasteiger partial charge in [-0.25, -0.2) is 0 Å². The fourth-order valence-electron chi connectivity index (χ4n) is 1.94. The highest BCUT2D eigenvalue weighted by Crippen LogP contribution is 2.16. The second-order valence-electron chi connectivity index (χ2n) is 4.78. The molecular weight excluding hydrogens is 280 g/mol. The summed E-state index contributed by atoms with van der Waals surface area (Å²) in [7, 11) is 0. The van der Waals surface area contributed by atoms with Crippen LogP contribution in [0.15, 0.2) is 60.7 Å². The van der Waals surface area contributed by atoms with E-state index in [1.165, 1.54) is 35.5 Å². The minimum absolute atomic E-state index is 1.15. The Labute approximate surface area is 131 Å². The summed E-state index contributed by atoms with van der Waals surface area (Å²) in [6, 6.07) is 21.5. The van der Waals surface area contributed by atoms with Gasteiger partial charge >= 0.3 is 0 Å². The fraction of sp³-hybridized carbons (Fsp3) is 0.333. The van der Waals surface area contributed by atoms with Gasteiger partial charge in [0.1, 0.15) is 0 Å². The van der Waals surface area contributed by atoms with Crippen molar-refractivity contribution >= 4 is 23.5 Å². The van der Waals surface area contributed by atoms with Crippen LogP contribution < -0.4 is 0 Å². The zero-order valence-electron chi connectivity index (χ0n) is 11.8. The molecule has 0 spiro atoms. The van der Waals surface area contributed by atoms with Crippen molar-refractivity contribution in [1.82, 2.24) is 0 Å². The Hall–Kier alpha value is -0.860. The lowest BCUT2D eigenvalue weighted by atomic mass is 10.2. The van der Waals surface area contributed by atoms with E-state index in [-0.39, 0.29) is 0 Å². The van der Waals surface area contributed by atoms with Crippen LogP contribution in [-0.4, -0.2) is 11.5 Å². The van der Waals surface area contributed by atoms with Crippen molar-refractivity contribution in [2.24, 2.45) is 0 Å². The quantitative estimate of drug-likeness (QED) is 0.550. The van der Waals surface area contributed by atoms with Gasteiger partial charge in [-0.2, -0.15) is 23.5 Å². The monoisotopic (exact) mass is 302 g/mol. The van der Waals surface area contributed by atoms with Crippen LogP contribution in [-0.2, 0) is 11.5 Å². The molecule has 2 rings (SSSR count). The van der Waals surface area contributed by atoms with Gasteiger partial charge in [-0.05, 0) is 35.5 Å². The molecule has 0 unspecified atom stereocenters. The third-order valence-corrected chi connectivity index (χ3v) is 5.28. The molecule has 0 aliphatic heterocycles. The predicted molar refractivity (Wildman–Crippen MR) is 94.4 cm³/mol. The summed E-state index contributed by atoms with van der Waals surface area (Å²) in [5.74, 6) is 4.86. The van der Waals surface area contributed by atoms with Gasteiger partial charge in [0.2, 0.25) is 0 Å². The van der Waals surface area contributed by atoms with Crippen molar-refractivity contribution in [3.63, 3.8) is 0 Å². The molecule has 0 aromatic heterocycles. The normalized spacial score (nSPS) is 10.6. The summed E-state index contributed by atoms with van der Waals surface area (Å²) >= 11 is 4.10. The molecule has 2 aromatic rings. The van der Waals surface area contributed by atoms with Gasteiger partial charge in [0.25, 0.3) is 0 Å². The molecule has 20 heavy (non-hydrogen) atoms. The predicted octanol–water partition coefficient (Wildman–Crippen LogP) is 5.63. The molecule has 0 aliphatic rings. The van der Waals surface area contributed by atoms with Crippen LogP contribution in [0.1, 0.15) is 24.0 Å². The van der Waals surface area contributed by atoms with E-state index < -0.39 is 0 Å². The molecule has 0 saturated heterocycles. The average molecular weight is 303 g/mol. The van der Waals surface area contributed by atoms with Gasteiger partial charge < -0.3 is 0 Å². The second-order valence-corrected chi connectivity index (χ2v) is 6.99. The molecule has 0 N–H and O–H groups in total. The van der Waals surface area contributed by atoms with E-state index in [4.69, 9.17) is 0 Å². The average Bonchev–Trinajstić information content (AvgIpc) is 2.52. The van der Waals surface area contributed by atoms with Gasteiger partial charge in [0.05, 0.1) is 0 Å². The van der Waals surface area contributed by atoms with Crippen molar-refractivity contribution in [3.05, 3.63) is 71.8 Å². The first-order chi connectivity index (χ1) is 9.95. The molecular formula is C18H22S2. The van der Waals surface area contributed by atoms with E-state index in [0.717, 1.165) is 11.5 Å². The summed E-state index contributed by atoms with van der Waals surface area (Å²) in [5, 5.41) is 0. The maximum absolute atomic E-state index is 2.21. The van der Waals surface area contributed by atoms with Crippen LogP contribution in [0.3, 0.4) is 0 Å². The molecule has 0 radical (unpaired) electrons. The van der Waals surface area contributed by atoms with E-state index in [9.17, 15) is 0 Å². The Morgan fingerprint density at radius 3 is 1.35 bits per heavy atom. The van der Waals surface area contributed by atoms with Gasteiger partial charge in [0, 0.05) is 11.5 Å². The molecule has 0 amide bonds. The minimum atomic E-state index is 1.15. The number of unbranched alkanes of at least 4 members (excludes halogenated alkanes) is 1. The first kappa shape index (κ1) is 15.5. The van der Waals surface area contributed by atoms with Crippen LogP contribution in [0.5, 0.6) is 0 Å². The summed E-state index contributed by atoms with van der Waals surface area (Å²) in [6.07, 6.45) is 2.67. The largest absolute Gasteiger partial charge is 0.157 e. The molecule has 106 valence electrons. The molecule has 0 heterocycles. The SMILES string of the molecule is c1ccc(CSCCCCSCc2ccccc2)cc1. The van der Waals surface area contributed by atoms with Crippen LogP contribution in [0.2, 0.25) is 0 Å². The maximum Gasteiger partial charge on any atom is 0.0184 e. The molecule has 0 bridgehead atoms. The Morgan fingerprint density at radius 1 is 0.550 bits per heavy atom. The van der Waals surface area contributed by atoms with Crippen molar-refractivity contribution in [3.8, 4) is 0 Å². The van der Waals surface area contributed by atoms with E-state index in [0.29, 0.717) is 0 Å². The Morgan fingerprint density at radius 2 is 0.950 bits per heavy atom. The molecule has 0 fully saturated rings. The van der Waals surface area contributed by atoms with Crippen molar-refractivity contribution in [2.45, 2.75) is 24.3 Å². The summed E-state index contributed by atoms with van der Waals surface area (Å²) < 4.78 is 0. The standard InChI is InChI=1S/C18H22S2/c1-3-9-17(10-4-1)15-19-13-7-8-14-20-16-18-11-5-2-6-12-18/h1-6,9-12H,7-8,13-16H2. The third-order valence-electron chi connectivity index (χ3n) is 3.05. The number of thioether (sulfide) groups is 2. The second kappa shape index (κ2) is 9.95. The number of hydrogen-bond acceptors (Lipinski definition) is 2. The van der Waals surface area contributed by atoms with Crippen LogP contribution >= 0.6 is 23.5 Å². The molecule has 0 aliphatic carbocycles. The Bertz CT molecular complexity index is 408. The Balaban J connectivity index is 1.44. The molecule has 0 saturated carbocycles.